The molecule has 0 spiro atoms. The van der Waals surface area contributed by atoms with E-state index in [0.29, 0.717) is 18.1 Å². The monoisotopic (exact) mass is 520 g/mol. The minimum absolute atomic E-state index is 0. The molecule has 2 aliphatic rings. The summed E-state index contributed by atoms with van der Waals surface area (Å²) < 4.78 is 67.2. The molecule has 0 aliphatic carbocycles. The van der Waals surface area contributed by atoms with Crippen molar-refractivity contribution in [3.05, 3.63) is 66.2 Å². The van der Waals surface area contributed by atoms with E-state index in [0.717, 1.165) is 31.5 Å². The molecule has 1 radical (unpaired) electrons. The molecule has 11 heteroatoms. The summed E-state index contributed by atoms with van der Waals surface area (Å²) in [7, 11) is 1.43. The van der Waals surface area contributed by atoms with E-state index in [1.54, 1.807) is 6.07 Å². The van der Waals surface area contributed by atoms with E-state index in [1.807, 2.05) is 0 Å². The van der Waals surface area contributed by atoms with Crippen molar-refractivity contribution in [2.75, 3.05) is 33.4 Å². The van der Waals surface area contributed by atoms with Crippen LogP contribution in [0, 0.1) is 18.3 Å². The van der Waals surface area contributed by atoms with Crippen molar-refractivity contribution in [2.24, 2.45) is 0 Å². The summed E-state index contributed by atoms with van der Waals surface area (Å²) in [4.78, 5) is 5.75. The van der Waals surface area contributed by atoms with Crippen LogP contribution in [0.3, 0.4) is 0 Å². The first-order valence-corrected chi connectivity index (χ1v) is 10.4. The molecule has 0 unspecified atom stereocenters. The number of benzene rings is 1. The second-order valence-electron chi connectivity index (χ2n) is 7.78. The first-order valence-electron chi connectivity index (χ1n) is 10.4. The molecule has 1 aromatic carbocycles. The van der Waals surface area contributed by atoms with Crippen molar-refractivity contribution >= 4 is 5.65 Å². The van der Waals surface area contributed by atoms with E-state index in [4.69, 9.17) is 14.2 Å². The van der Waals surface area contributed by atoms with Gasteiger partial charge >= 0.3 is 23.2 Å². The second-order valence-corrected chi connectivity index (χ2v) is 7.78. The minimum atomic E-state index is -4.44. The summed E-state index contributed by atoms with van der Waals surface area (Å²) in [5.41, 5.74) is 0.155. The topological polar surface area (TPSA) is 48.2 Å². The smallest absolute Gasteiger partial charge is 0.580 e. The van der Waals surface area contributed by atoms with Crippen LogP contribution in [0.15, 0.2) is 36.7 Å². The number of pyridine rings is 1. The fourth-order valence-electron chi connectivity index (χ4n) is 3.72. The summed E-state index contributed by atoms with van der Waals surface area (Å²) >= 11 is 0. The van der Waals surface area contributed by atoms with E-state index in [9.17, 15) is 17.6 Å². The predicted molar refractivity (Wildman–Crippen MR) is 112 cm³/mol. The average Bonchev–Trinajstić information content (AvgIpc) is 3.23. The van der Waals surface area contributed by atoms with Gasteiger partial charge in [-0.05, 0) is 24.9 Å². The maximum atomic E-state index is 13.1. The molecule has 2 aromatic heterocycles. The van der Waals surface area contributed by atoms with Crippen LogP contribution in [0.4, 0.5) is 17.6 Å². The standard InChI is InChI=1S/C14H17FNO2.C9H6F3N2O.Mn/c1-10-8-16(4-5-17-10)13-6-11-2-3-12(15)7-14(11)18-9-13;1-15-6-2-3-8-13-7(9(10,11)12)5-14(8)4-6;/h2-3,6-7,10,13H,4-5,8-9H2,1H3;2,4-5H,1H3;/q2*-1;+2/t10-,13-;;/m1../s1. The number of hydrogen-bond donors (Lipinski definition) is 0. The van der Waals surface area contributed by atoms with Gasteiger partial charge in [0.2, 0.25) is 0 Å². The van der Waals surface area contributed by atoms with Crippen molar-refractivity contribution < 1.29 is 48.8 Å². The molecule has 2 atom stereocenters. The van der Waals surface area contributed by atoms with E-state index in [-0.39, 0.29) is 40.7 Å². The van der Waals surface area contributed by atoms with E-state index >= 15 is 0 Å². The summed E-state index contributed by atoms with van der Waals surface area (Å²) in [6.45, 7) is 5.27. The Morgan fingerprint density at radius 3 is 2.76 bits per heavy atom. The maximum Gasteiger partial charge on any atom is 2.00 e. The van der Waals surface area contributed by atoms with Crippen LogP contribution < -0.4 is 9.47 Å². The summed E-state index contributed by atoms with van der Waals surface area (Å²) in [6, 6.07) is 8.98. The number of rotatable bonds is 2. The molecular formula is C23H23F4MnN3O3. The van der Waals surface area contributed by atoms with Crippen LogP contribution in [-0.4, -0.2) is 59.8 Å². The van der Waals surface area contributed by atoms with Gasteiger partial charge in [-0.3, -0.25) is 4.90 Å². The molecule has 4 heterocycles. The third-order valence-electron chi connectivity index (χ3n) is 5.37. The number of aromatic nitrogens is 2. The van der Waals surface area contributed by atoms with E-state index in [2.05, 4.69) is 29.3 Å². The van der Waals surface area contributed by atoms with Crippen molar-refractivity contribution in [2.45, 2.75) is 25.2 Å². The van der Waals surface area contributed by atoms with Gasteiger partial charge in [-0.1, -0.05) is 6.07 Å². The Balaban J connectivity index is 0.000000188. The molecule has 0 amide bonds. The number of alkyl halides is 3. The van der Waals surface area contributed by atoms with Gasteiger partial charge in [0.25, 0.3) is 0 Å². The number of nitrogens with zero attached hydrogens (tertiary/aromatic N) is 3. The number of halogens is 4. The zero-order chi connectivity index (χ0) is 23.6. The van der Waals surface area contributed by atoms with Gasteiger partial charge in [0, 0.05) is 36.7 Å². The molecule has 0 N–H and O–H groups in total. The van der Waals surface area contributed by atoms with Crippen LogP contribution in [0.1, 0.15) is 18.2 Å². The Kier molecular flexibility index (Phi) is 8.35. The van der Waals surface area contributed by atoms with Crippen LogP contribution in [0.2, 0.25) is 0 Å². The van der Waals surface area contributed by atoms with Gasteiger partial charge in [-0.15, -0.1) is 5.56 Å². The predicted octanol–water partition coefficient (Wildman–Crippen LogP) is 4.02. The Labute approximate surface area is 205 Å². The first kappa shape index (κ1) is 26.1. The van der Waals surface area contributed by atoms with Gasteiger partial charge < -0.3 is 18.6 Å². The minimum Gasteiger partial charge on any atom is -0.580 e. The number of fused-ring (bicyclic) bond motifs is 2. The molecule has 5 rings (SSSR count). The van der Waals surface area contributed by atoms with Crippen molar-refractivity contribution in [3.63, 3.8) is 0 Å². The molecule has 1 fully saturated rings. The average molecular weight is 520 g/mol. The quantitative estimate of drug-likeness (QED) is 0.290. The van der Waals surface area contributed by atoms with Gasteiger partial charge in [-0.2, -0.15) is 31.7 Å². The molecule has 0 saturated carbocycles. The summed E-state index contributed by atoms with van der Waals surface area (Å²) in [6.07, 6.45) is 0.299. The van der Waals surface area contributed by atoms with Gasteiger partial charge in [-0.25, -0.2) is 15.4 Å². The molecule has 6 nitrogen and oxygen atoms in total. The Hall–Kier alpha value is -2.46. The number of morpholine rings is 1. The summed E-state index contributed by atoms with van der Waals surface area (Å²) in [5, 5.41) is 0. The Morgan fingerprint density at radius 2 is 2.06 bits per heavy atom. The second kappa shape index (κ2) is 10.9. The van der Waals surface area contributed by atoms with E-state index < -0.39 is 11.9 Å². The van der Waals surface area contributed by atoms with Crippen LogP contribution >= 0.6 is 0 Å². The number of hydrogen-bond acceptors (Lipinski definition) is 5. The normalized spacial score (nSPS) is 20.2. The fourth-order valence-corrected chi connectivity index (χ4v) is 3.72. The molecular weight excluding hydrogens is 497 g/mol. The molecule has 34 heavy (non-hydrogen) atoms. The van der Waals surface area contributed by atoms with Crippen LogP contribution in [-0.2, 0) is 28.0 Å². The molecule has 1 saturated heterocycles. The zero-order valence-corrected chi connectivity index (χ0v) is 19.7. The molecule has 3 aromatic rings. The van der Waals surface area contributed by atoms with E-state index in [1.165, 1.54) is 35.9 Å². The molecule has 2 aliphatic heterocycles. The van der Waals surface area contributed by atoms with Crippen molar-refractivity contribution in [3.8, 4) is 11.5 Å². The SMILES string of the molecule is COc1c[c-]c2nc(C(F)(F)F)cn2c1.C[C@@H]1CN([C@@H]2[CH-]c3ccc(F)cc3OC2)CCO1.[Mn+2]. The number of methoxy groups -OCH3 is 1. The largest absolute Gasteiger partial charge is 2.00 e. The van der Waals surface area contributed by atoms with Crippen molar-refractivity contribution in [1.29, 1.82) is 0 Å². The van der Waals surface area contributed by atoms with Crippen LogP contribution in [0.25, 0.3) is 5.65 Å². The third-order valence-corrected chi connectivity index (χ3v) is 5.37. The first-order chi connectivity index (χ1) is 15.7. The number of imidazole rings is 1. The van der Waals surface area contributed by atoms with Gasteiger partial charge in [0.15, 0.2) is 5.69 Å². The zero-order valence-electron chi connectivity index (χ0n) is 18.5. The van der Waals surface area contributed by atoms with Gasteiger partial charge in [0.1, 0.15) is 5.82 Å². The molecule has 183 valence electrons. The fraction of sp³-hybridized carbons (Fsp3) is 0.391. The Bertz CT molecular complexity index is 1110. The Morgan fingerprint density at radius 1 is 1.26 bits per heavy atom. The maximum absolute atomic E-state index is 13.1. The number of ether oxygens (including phenoxy) is 3. The summed E-state index contributed by atoms with van der Waals surface area (Å²) in [5.74, 6) is 0.821. The van der Waals surface area contributed by atoms with Crippen LogP contribution in [0.5, 0.6) is 11.5 Å². The molecule has 0 bridgehead atoms. The van der Waals surface area contributed by atoms with Crippen molar-refractivity contribution in [1.82, 2.24) is 14.3 Å². The third kappa shape index (κ3) is 6.15. The van der Waals surface area contributed by atoms with Gasteiger partial charge in [0.05, 0.1) is 26.4 Å².